The summed E-state index contributed by atoms with van der Waals surface area (Å²) in [6, 6.07) is 7.03. The molecule has 0 bridgehead atoms. The normalized spacial score (nSPS) is 24.6. The fourth-order valence-electron chi connectivity index (χ4n) is 1.81. The molecule has 0 aromatic heterocycles. The zero-order chi connectivity index (χ0) is 10.0. The predicted molar refractivity (Wildman–Crippen MR) is 60.2 cm³/mol. The summed E-state index contributed by atoms with van der Waals surface area (Å²) < 4.78 is 0. The number of halogens is 1. The highest BCUT2D eigenvalue weighted by atomic mass is 35.5. The van der Waals surface area contributed by atoms with Gasteiger partial charge in [0.05, 0.1) is 0 Å². The molecule has 0 amide bonds. The van der Waals surface area contributed by atoms with Gasteiger partial charge >= 0.3 is 0 Å². The number of carbonyl (C=O) groups excluding carboxylic acids is 1. The number of rotatable bonds is 2. The minimum atomic E-state index is -0.887. The molecule has 0 saturated carbocycles. The minimum absolute atomic E-state index is 0. The smallest absolute Gasteiger partial charge is 0.150 e. The molecule has 2 rings (SSSR count). The third-order valence-electron chi connectivity index (χ3n) is 2.66. The molecule has 1 saturated heterocycles. The maximum Gasteiger partial charge on any atom is 0.150 e. The van der Waals surface area contributed by atoms with Gasteiger partial charge in [0.1, 0.15) is 12.0 Å². The summed E-state index contributed by atoms with van der Waals surface area (Å²) in [5, 5.41) is 13.2. The molecular weight excluding hydrogens is 214 g/mol. The Balaban J connectivity index is 0.00000112. The van der Waals surface area contributed by atoms with Crippen LogP contribution in [-0.2, 0) is 5.72 Å². The van der Waals surface area contributed by atoms with Crippen LogP contribution in [0.25, 0.3) is 0 Å². The fraction of sp³-hybridized carbons (Fsp3) is 0.364. The van der Waals surface area contributed by atoms with E-state index >= 15 is 0 Å². The predicted octanol–water partition coefficient (Wildman–Crippen LogP) is 1.45. The largest absolute Gasteiger partial charge is 0.372 e. The van der Waals surface area contributed by atoms with Gasteiger partial charge in [0.25, 0.3) is 0 Å². The first-order chi connectivity index (χ1) is 6.74. The van der Waals surface area contributed by atoms with E-state index in [1.165, 1.54) is 0 Å². The van der Waals surface area contributed by atoms with E-state index in [2.05, 4.69) is 5.32 Å². The standard InChI is InChI=1S/C11H13NO2.ClH/c13-8-9-2-4-10(5-3-9)11(14)6-1-7-12-11;/h2-5,8,12,14H,1,6-7H2;1H/t11-;/m1./s1. The quantitative estimate of drug-likeness (QED) is 0.752. The van der Waals surface area contributed by atoms with Crippen molar-refractivity contribution in [2.75, 3.05) is 6.54 Å². The van der Waals surface area contributed by atoms with Gasteiger partial charge in [0.15, 0.2) is 0 Å². The van der Waals surface area contributed by atoms with E-state index in [4.69, 9.17) is 0 Å². The van der Waals surface area contributed by atoms with Crippen molar-refractivity contribution >= 4 is 18.7 Å². The molecule has 1 fully saturated rings. The molecule has 0 radical (unpaired) electrons. The van der Waals surface area contributed by atoms with Crippen molar-refractivity contribution in [1.82, 2.24) is 5.32 Å². The minimum Gasteiger partial charge on any atom is -0.372 e. The number of benzene rings is 1. The Hall–Kier alpha value is -0.900. The van der Waals surface area contributed by atoms with E-state index in [-0.39, 0.29) is 12.4 Å². The molecule has 1 atom stereocenters. The summed E-state index contributed by atoms with van der Waals surface area (Å²) in [6.07, 6.45) is 2.51. The third-order valence-corrected chi connectivity index (χ3v) is 2.66. The van der Waals surface area contributed by atoms with Crippen LogP contribution < -0.4 is 5.32 Å². The van der Waals surface area contributed by atoms with E-state index in [9.17, 15) is 9.90 Å². The van der Waals surface area contributed by atoms with Crippen LogP contribution in [0.3, 0.4) is 0 Å². The van der Waals surface area contributed by atoms with Crippen LogP contribution in [-0.4, -0.2) is 17.9 Å². The van der Waals surface area contributed by atoms with E-state index < -0.39 is 5.72 Å². The van der Waals surface area contributed by atoms with E-state index in [1.807, 2.05) is 0 Å². The number of nitrogens with one attached hydrogen (secondary N) is 1. The number of hydrogen-bond donors (Lipinski definition) is 2. The van der Waals surface area contributed by atoms with Gasteiger partial charge in [0.2, 0.25) is 0 Å². The Labute approximate surface area is 94.9 Å². The first kappa shape index (κ1) is 12.2. The molecule has 3 nitrogen and oxygen atoms in total. The monoisotopic (exact) mass is 227 g/mol. The van der Waals surface area contributed by atoms with Crippen LogP contribution in [0.15, 0.2) is 24.3 Å². The van der Waals surface area contributed by atoms with Gasteiger partial charge in [0, 0.05) is 5.56 Å². The van der Waals surface area contributed by atoms with E-state index in [0.717, 1.165) is 31.2 Å². The Morgan fingerprint density at radius 2 is 2.00 bits per heavy atom. The lowest BCUT2D eigenvalue weighted by Gasteiger charge is -2.23. The topological polar surface area (TPSA) is 49.3 Å². The molecule has 0 unspecified atom stereocenters. The average molecular weight is 228 g/mol. The third kappa shape index (κ3) is 2.37. The molecule has 15 heavy (non-hydrogen) atoms. The maximum absolute atomic E-state index is 10.4. The van der Waals surface area contributed by atoms with Crippen LogP contribution in [0.4, 0.5) is 0 Å². The van der Waals surface area contributed by atoms with Crippen molar-refractivity contribution in [2.45, 2.75) is 18.6 Å². The molecular formula is C11H14ClNO2. The molecule has 2 N–H and O–H groups in total. The lowest BCUT2D eigenvalue weighted by molar-refractivity contribution is 0.0207. The maximum atomic E-state index is 10.4. The zero-order valence-electron chi connectivity index (χ0n) is 8.27. The lowest BCUT2D eigenvalue weighted by atomic mass is 10.00. The molecule has 82 valence electrons. The Morgan fingerprint density at radius 3 is 2.47 bits per heavy atom. The highest BCUT2D eigenvalue weighted by molar-refractivity contribution is 5.85. The summed E-state index contributed by atoms with van der Waals surface area (Å²) in [4.78, 5) is 10.4. The lowest BCUT2D eigenvalue weighted by Crippen LogP contribution is -2.36. The van der Waals surface area contributed by atoms with Gasteiger partial charge in [-0.2, -0.15) is 0 Å². The van der Waals surface area contributed by atoms with Crippen LogP contribution in [0.2, 0.25) is 0 Å². The van der Waals surface area contributed by atoms with Crippen molar-refractivity contribution in [1.29, 1.82) is 0 Å². The van der Waals surface area contributed by atoms with E-state index in [0.29, 0.717) is 5.56 Å². The molecule has 4 heteroatoms. The van der Waals surface area contributed by atoms with Crippen molar-refractivity contribution in [2.24, 2.45) is 0 Å². The van der Waals surface area contributed by atoms with Gasteiger partial charge in [-0.05, 0) is 24.9 Å². The molecule has 1 heterocycles. The number of aldehydes is 1. The molecule has 1 aromatic carbocycles. The summed E-state index contributed by atoms with van der Waals surface area (Å²) >= 11 is 0. The van der Waals surface area contributed by atoms with Crippen LogP contribution >= 0.6 is 12.4 Å². The van der Waals surface area contributed by atoms with Crippen LogP contribution in [0, 0.1) is 0 Å². The number of hydrogen-bond acceptors (Lipinski definition) is 3. The molecule has 0 spiro atoms. The number of aliphatic hydroxyl groups is 1. The Kier molecular flexibility index (Phi) is 3.85. The van der Waals surface area contributed by atoms with Crippen LogP contribution in [0.5, 0.6) is 0 Å². The summed E-state index contributed by atoms with van der Waals surface area (Å²) in [5.74, 6) is 0. The molecule has 1 aromatic rings. The second-order valence-electron chi connectivity index (χ2n) is 3.63. The van der Waals surface area contributed by atoms with Gasteiger partial charge in [-0.1, -0.05) is 24.3 Å². The second-order valence-corrected chi connectivity index (χ2v) is 3.63. The van der Waals surface area contributed by atoms with Crippen LogP contribution in [0.1, 0.15) is 28.8 Å². The van der Waals surface area contributed by atoms with Crippen molar-refractivity contribution in [3.05, 3.63) is 35.4 Å². The number of carbonyl (C=O) groups is 1. The van der Waals surface area contributed by atoms with Crippen molar-refractivity contribution in [3.63, 3.8) is 0 Å². The van der Waals surface area contributed by atoms with Gasteiger partial charge in [-0.3, -0.25) is 10.1 Å². The SMILES string of the molecule is Cl.O=Cc1ccc([C@]2(O)CCCN2)cc1. The van der Waals surface area contributed by atoms with Gasteiger partial charge in [-0.25, -0.2) is 0 Å². The molecule has 0 aliphatic carbocycles. The molecule has 1 aliphatic rings. The highest BCUT2D eigenvalue weighted by Crippen LogP contribution is 2.27. The zero-order valence-corrected chi connectivity index (χ0v) is 9.09. The van der Waals surface area contributed by atoms with E-state index in [1.54, 1.807) is 24.3 Å². The Bertz CT molecular complexity index is 331. The fourth-order valence-corrected chi connectivity index (χ4v) is 1.81. The highest BCUT2D eigenvalue weighted by Gasteiger charge is 2.32. The average Bonchev–Trinajstić information content (AvgIpc) is 2.67. The summed E-state index contributed by atoms with van der Waals surface area (Å²) in [7, 11) is 0. The Morgan fingerprint density at radius 1 is 1.33 bits per heavy atom. The van der Waals surface area contributed by atoms with Gasteiger partial charge in [-0.15, -0.1) is 12.4 Å². The first-order valence-corrected chi connectivity index (χ1v) is 4.78. The first-order valence-electron chi connectivity index (χ1n) is 4.78. The second kappa shape index (κ2) is 4.75. The summed E-state index contributed by atoms with van der Waals surface area (Å²) in [5.41, 5.74) is 0.581. The molecule has 1 aliphatic heterocycles. The van der Waals surface area contributed by atoms with Crippen molar-refractivity contribution in [3.8, 4) is 0 Å². The summed E-state index contributed by atoms with van der Waals surface area (Å²) in [6.45, 7) is 0.839. The van der Waals surface area contributed by atoms with Crippen molar-refractivity contribution < 1.29 is 9.90 Å². The van der Waals surface area contributed by atoms with Gasteiger partial charge < -0.3 is 5.11 Å².